The Morgan fingerprint density at radius 3 is 2.62 bits per heavy atom. The molecule has 0 spiro atoms. The number of hydrogen-bond acceptors (Lipinski definition) is 4. The predicted octanol–water partition coefficient (Wildman–Crippen LogP) is 3.10. The fourth-order valence-electron chi connectivity index (χ4n) is 1.99. The van der Waals surface area contributed by atoms with Crippen LogP contribution in [-0.2, 0) is 23.1 Å². The zero-order valence-corrected chi connectivity index (χ0v) is 15.1. The zero-order valence-electron chi connectivity index (χ0n) is 11.8. The molecule has 2 N–H and O–H groups in total. The first-order chi connectivity index (χ1) is 9.86. The highest BCUT2D eigenvalue weighted by molar-refractivity contribution is 9.10. The van der Waals surface area contributed by atoms with E-state index in [1.165, 1.54) is 4.31 Å². The van der Waals surface area contributed by atoms with Gasteiger partial charge in [0.2, 0.25) is 10.0 Å². The van der Waals surface area contributed by atoms with E-state index in [9.17, 15) is 8.42 Å². The third kappa shape index (κ3) is 3.54. The van der Waals surface area contributed by atoms with Crippen LogP contribution in [0.4, 0.5) is 0 Å². The molecule has 1 aromatic heterocycles. The Morgan fingerprint density at radius 1 is 1.33 bits per heavy atom. The van der Waals surface area contributed by atoms with Crippen LogP contribution in [0.1, 0.15) is 16.7 Å². The molecule has 0 aliphatic rings. The Labute approximate surface area is 137 Å². The lowest BCUT2D eigenvalue weighted by atomic mass is 10.1. The molecule has 0 amide bonds. The van der Waals surface area contributed by atoms with E-state index in [1.54, 1.807) is 31.4 Å². The molecule has 7 heteroatoms. The van der Waals surface area contributed by atoms with Gasteiger partial charge in [-0.1, -0.05) is 15.9 Å². The van der Waals surface area contributed by atoms with Gasteiger partial charge in [-0.2, -0.15) is 15.6 Å². The van der Waals surface area contributed by atoms with E-state index in [-0.39, 0.29) is 0 Å². The van der Waals surface area contributed by atoms with E-state index in [1.807, 2.05) is 22.9 Å². The van der Waals surface area contributed by atoms with Crippen molar-refractivity contribution in [3.63, 3.8) is 0 Å². The maximum absolute atomic E-state index is 12.8. The molecule has 1 aromatic carbocycles. The van der Waals surface area contributed by atoms with Gasteiger partial charge < -0.3 is 5.73 Å². The van der Waals surface area contributed by atoms with Crippen molar-refractivity contribution >= 4 is 37.3 Å². The summed E-state index contributed by atoms with van der Waals surface area (Å²) in [6.45, 7) is 2.45. The molecule has 0 saturated heterocycles. The molecule has 0 aliphatic carbocycles. The largest absolute Gasteiger partial charge is 0.326 e. The first-order valence-corrected chi connectivity index (χ1v) is 9.50. The molecule has 0 atom stereocenters. The van der Waals surface area contributed by atoms with Gasteiger partial charge in [0.15, 0.2) is 0 Å². The molecule has 1 heterocycles. The quantitative estimate of drug-likeness (QED) is 0.855. The third-order valence-corrected chi connectivity index (χ3v) is 6.75. The molecule has 0 unspecified atom stereocenters. The second-order valence-corrected chi connectivity index (χ2v) is 8.45. The minimum atomic E-state index is -3.55. The molecule has 4 nitrogen and oxygen atoms in total. The highest BCUT2D eigenvalue weighted by Crippen LogP contribution is 2.28. The van der Waals surface area contributed by atoms with Crippen LogP contribution in [0.5, 0.6) is 0 Å². The first kappa shape index (κ1) is 16.6. The van der Waals surface area contributed by atoms with Gasteiger partial charge >= 0.3 is 0 Å². The summed E-state index contributed by atoms with van der Waals surface area (Å²) >= 11 is 4.96. The van der Waals surface area contributed by atoms with Gasteiger partial charge in [0, 0.05) is 24.6 Å². The van der Waals surface area contributed by atoms with Crippen molar-refractivity contribution in [2.24, 2.45) is 5.73 Å². The highest BCUT2D eigenvalue weighted by atomic mass is 79.9. The van der Waals surface area contributed by atoms with Crippen LogP contribution in [0, 0.1) is 6.92 Å². The van der Waals surface area contributed by atoms with Crippen LogP contribution >= 0.6 is 27.3 Å². The Morgan fingerprint density at radius 2 is 2.05 bits per heavy atom. The van der Waals surface area contributed by atoms with E-state index in [4.69, 9.17) is 5.73 Å². The van der Waals surface area contributed by atoms with Crippen molar-refractivity contribution < 1.29 is 8.42 Å². The molecular formula is C14H17BrN2O2S2. The van der Waals surface area contributed by atoms with Gasteiger partial charge in [-0.05, 0) is 52.6 Å². The molecule has 0 bridgehead atoms. The van der Waals surface area contributed by atoms with Gasteiger partial charge in [-0.25, -0.2) is 8.42 Å². The van der Waals surface area contributed by atoms with E-state index in [0.29, 0.717) is 23.5 Å². The maximum atomic E-state index is 12.8. The van der Waals surface area contributed by atoms with Gasteiger partial charge in [0.1, 0.15) is 0 Å². The Balaban J connectivity index is 2.41. The minimum Gasteiger partial charge on any atom is -0.326 e. The maximum Gasteiger partial charge on any atom is 0.243 e. The summed E-state index contributed by atoms with van der Waals surface area (Å²) in [6.07, 6.45) is 0. The van der Waals surface area contributed by atoms with Crippen LogP contribution in [0.2, 0.25) is 0 Å². The van der Waals surface area contributed by atoms with Crippen molar-refractivity contribution in [3.8, 4) is 0 Å². The summed E-state index contributed by atoms with van der Waals surface area (Å²) in [7, 11) is -1.96. The van der Waals surface area contributed by atoms with Crippen molar-refractivity contribution in [1.29, 1.82) is 0 Å². The third-order valence-electron chi connectivity index (χ3n) is 3.27. The van der Waals surface area contributed by atoms with Crippen molar-refractivity contribution in [3.05, 3.63) is 50.1 Å². The number of nitrogens with two attached hydrogens (primary N) is 1. The molecular weight excluding hydrogens is 372 g/mol. The normalized spacial score (nSPS) is 12.0. The Hall–Kier alpha value is -0.730. The lowest BCUT2D eigenvalue weighted by Gasteiger charge is -2.19. The molecule has 114 valence electrons. The van der Waals surface area contributed by atoms with Crippen molar-refractivity contribution in [2.75, 3.05) is 7.05 Å². The molecule has 0 saturated carbocycles. The SMILES string of the molecule is Cc1c(Br)cc(CN)cc1S(=O)(=O)N(C)Cc1ccsc1. The van der Waals surface area contributed by atoms with E-state index >= 15 is 0 Å². The number of rotatable bonds is 5. The summed E-state index contributed by atoms with van der Waals surface area (Å²) in [5, 5.41) is 3.89. The fraction of sp³-hybridized carbons (Fsp3) is 0.286. The van der Waals surface area contributed by atoms with Gasteiger partial charge in [-0.15, -0.1) is 0 Å². The van der Waals surface area contributed by atoms with Crippen LogP contribution in [0.3, 0.4) is 0 Å². The number of hydrogen-bond donors (Lipinski definition) is 1. The minimum absolute atomic E-state index is 0.301. The monoisotopic (exact) mass is 388 g/mol. The van der Waals surface area contributed by atoms with Gasteiger partial charge in [-0.3, -0.25) is 0 Å². The molecule has 2 rings (SSSR count). The summed E-state index contributed by atoms with van der Waals surface area (Å²) in [4.78, 5) is 0.301. The molecule has 2 aromatic rings. The molecule has 0 aliphatic heterocycles. The van der Waals surface area contributed by atoms with Crippen LogP contribution in [0.25, 0.3) is 0 Å². The van der Waals surface area contributed by atoms with Crippen LogP contribution in [-0.4, -0.2) is 19.8 Å². The summed E-state index contributed by atoms with van der Waals surface area (Å²) in [5.74, 6) is 0. The molecule has 0 fully saturated rings. The zero-order chi connectivity index (χ0) is 15.6. The summed E-state index contributed by atoms with van der Waals surface area (Å²) in [6, 6.07) is 5.43. The number of nitrogens with zero attached hydrogens (tertiary/aromatic N) is 1. The smallest absolute Gasteiger partial charge is 0.243 e. The summed E-state index contributed by atoms with van der Waals surface area (Å²) in [5.41, 5.74) is 8.11. The van der Waals surface area contributed by atoms with Crippen molar-refractivity contribution in [2.45, 2.75) is 24.9 Å². The fourth-order valence-corrected chi connectivity index (χ4v) is 4.74. The second kappa shape index (κ2) is 6.58. The second-order valence-electron chi connectivity index (χ2n) is 4.80. The molecule has 21 heavy (non-hydrogen) atoms. The molecule has 0 radical (unpaired) electrons. The van der Waals surface area contributed by atoms with E-state index < -0.39 is 10.0 Å². The van der Waals surface area contributed by atoms with Gasteiger partial charge in [0.05, 0.1) is 4.90 Å². The van der Waals surface area contributed by atoms with Crippen LogP contribution in [0.15, 0.2) is 38.3 Å². The van der Waals surface area contributed by atoms with Crippen LogP contribution < -0.4 is 5.73 Å². The average molecular weight is 389 g/mol. The topological polar surface area (TPSA) is 63.4 Å². The van der Waals surface area contributed by atoms with E-state index in [2.05, 4.69) is 15.9 Å². The lowest BCUT2D eigenvalue weighted by molar-refractivity contribution is 0.466. The first-order valence-electron chi connectivity index (χ1n) is 6.32. The summed E-state index contributed by atoms with van der Waals surface area (Å²) < 4.78 is 27.7. The Bertz CT molecular complexity index is 728. The predicted molar refractivity (Wildman–Crippen MR) is 89.7 cm³/mol. The number of benzene rings is 1. The van der Waals surface area contributed by atoms with Gasteiger partial charge in [0.25, 0.3) is 0 Å². The lowest BCUT2D eigenvalue weighted by Crippen LogP contribution is -2.27. The average Bonchev–Trinajstić information content (AvgIpc) is 2.94. The number of thiophene rings is 1. The Kier molecular flexibility index (Phi) is 5.21. The number of halogens is 1. The highest BCUT2D eigenvalue weighted by Gasteiger charge is 2.24. The van der Waals surface area contributed by atoms with Crippen molar-refractivity contribution in [1.82, 2.24) is 4.31 Å². The van der Waals surface area contributed by atoms with E-state index in [0.717, 1.165) is 15.6 Å². The standard InChI is InChI=1S/C14H17BrN2O2S2/c1-10-13(15)5-12(7-16)6-14(10)21(18,19)17(2)8-11-3-4-20-9-11/h3-6,9H,7-8,16H2,1-2H3. The number of sulfonamides is 1.